The average Bonchev–Trinajstić information content (AvgIpc) is 3.07. The summed E-state index contributed by atoms with van der Waals surface area (Å²) in [6.07, 6.45) is 3.08. The number of hydrogen-bond acceptors (Lipinski definition) is 4. The molecule has 1 aromatic heterocycles. The Morgan fingerprint density at radius 2 is 2.09 bits per heavy atom. The van der Waals surface area contributed by atoms with E-state index in [4.69, 9.17) is 0 Å². The zero-order valence-electron chi connectivity index (χ0n) is 11.8. The van der Waals surface area contributed by atoms with Gasteiger partial charge in [-0.3, -0.25) is 4.79 Å². The molecule has 22 heavy (non-hydrogen) atoms. The maximum atomic E-state index is 12.1. The highest BCUT2D eigenvalue weighted by Gasteiger charge is 2.22. The van der Waals surface area contributed by atoms with Crippen molar-refractivity contribution in [1.82, 2.24) is 0 Å². The molecule has 2 N–H and O–H groups in total. The molecule has 0 fully saturated rings. The maximum Gasteiger partial charge on any atom is 0.244 e. The lowest BCUT2D eigenvalue weighted by molar-refractivity contribution is -0.114. The normalized spacial score (nSPS) is 12.5. The molecule has 3 rings (SSSR count). The summed E-state index contributed by atoms with van der Waals surface area (Å²) in [5.41, 5.74) is 2.69. The number of hydrogen-bond donors (Lipinski definition) is 2. The van der Waals surface area contributed by atoms with Crippen LogP contribution in [0, 0.1) is 14.9 Å². The van der Waals surface area contributed by atoms with Gasteiger partial charge in [0.1, 0.15) is 11.1 Å². The third-order valence-electron chi connectivity index (χ3n) is 3.58. The van der Waals surface area contributed by atoms with Crippen molar-refractivity contribution in [1.29, 1.82) is 5.26 Å². The zero-order valence-corrected chi connectivity index (χ0v) is 14.8. The summed E-state index contributed by atoms with van der Waals surface area (Å²) in [5.74, 6) is -0.130. The number of benzene rings is 1. The molecule has 0 atom stereocenters. The molecule has 0 saturated heterocycles. The Morgan fingerprint density at radius 3 is 2.82 bits per heavy atom. The number of thiophene rings is 1. The van der Waals surface area contributed by atoms with Gasteiger partial charge < -0.3 is 10.6 Å². The van der Waals surface area contributed by atoms with Crippen LogP contribution >= 0.6 is 33.9 Å². The highest BCUT2D eigenvalue weighted by atomic mass is 127. The van der Waals surface area contributed by atoms with Gasteiger partial charge >= 0.3 is 0 Å². The lowest BCUT2D eigenvalue weighted by Gasteiger charge is -2.07. The van der Waals surface area contributed by atoms with Crippen molar-refractivity contribution in [3.8, 4) is 6.07 Å². The molecule has 112 valence electrons. The Kier molecular flexibility index (Phi) is 4.64. The van der Waals surface area contributed by atoms with E-state index in [-0.39, 0.29) is 12.5 Å². The first-order valence-corrected chi connectivity index (χ1v) is 8.91. The van der Waals surface area contributed by atoms with Gasteiger partial charge in [0, 0.05) is 14.1 Å². The first-order chi connectivity index (χ1) is 10.7. The molecular formula is C16H14IN3OS. The van der Waals surface area contributed by atoms with Crippen LogP contribution in [0.15, 0.2) is 24.3 Å². The molecule has 0 radical (unpaired) electrons. The molecule has 1 aromatic carbocycles. The number of fused-ring (bicyclic) bond motifs is 1. The summed E-state index contributed by atoms with van der Waals surface area (Å²) in [6.45, 7) is 0.189. The molecule has 0 aliphatic heterocycles. The summed E-state index contributed by atoms with van der Waals surface area (Å²) in [7, 11) is 0. The number of aryl methyl sites for hydroxylation is 1. The topological polar surface area (TPSA) is 64.9 Å². The number of amides is 1. The third kappa shape index (κ3) is 3.25. The van der Waals surface area contributed by atoms with Crippen LogP contribution < -0.4 is 10.6 Å². The summed E-state index contributed by atoms with van der Waals surface area (Å²) < 4.78 is 1.15. The summed E-state index contributed by atoms with van der Waals surface area (Å²) in [6, 6.07) is 10.1. The van der Waals surface area contributed by atoms with Crippen molar-refractivity contribution in [2.24, 2.45) is 0 Å². The van der Waals surface area contributed by atoms with Crippen LogP contribution in [0.5, 0.6) is 0 Å². The standard InChI is InChI=1S/C16H14IN3OS/c17-10-4-6-11(7-5-10)19-9-15(21)20-16-13(8-18)12-2-1-3-14(12)22-16/h4-7,19H,1-3,9H2,(H,20,21). The number of rotatable bonds is 4. The number of nitrogens with zero attached hydrogens (tertiary/aromatic N) is 1. The average molecular weight is 423 g/mol. The minimum atomic E-state index is -0.130. The van der Waals surface area contributed by atoms with Crippen LogP contribution in [-0.4, -0.2) is 12.5 Å². The van der Waals surface area contributed by atoms with Crippen LogP contribution in [-0.2, 0) is 17.6 Å². The Bertz CT molecular complexity index is 746. The number of carbonyl (C=O) groups is 1. The fraction of sp³-hybridized carbons (Fsp3) is 0.250. The zero-order chi connectivity index (χ0) is 15.5. The van der Waals surface area contributed by atoms with E-state index in [2.05, 4.69) is 39.3 Å². The van der Waals surface area contributed by atoms with Gasteiger partial charge in [-0.2, -0.15) is 5.26 Å². The van der Waals surface area contributed by atoms with Crippen molar-refractivity contribution in [3.63, 3.8) is 0 Å². The smallest absolute Gasteiger partial charge is 0.244 e. The van der Waals surface area contributed by atoms with Gasteiger partial charge in [-0.1, -0.05) is 0 Å². The van der Waals surface area contributed by atoms with Crippen LogP contribution in [0.25, 0.3) is 0 Å². The number of nitriles is 1. The summed E-state index contributed by atoms with van der Waals surface area (Å²) in [4.78, 5) is 13.3. The molecule has 1 aliphatic carbocycles. The van der Waals surface area contributed by atoms with Gasteiger partial charge in [0.2, 0.25) is 5.91 Å². The van der Waals surface area contributed by atoms with Crippen molar-refractivity contribution < 1.29 is 4.79 Å². The third-order valence-corrected chi connectivity index (χ3v) is 5.51. The van der Waals surface area contributed by atoms with Gasteiger partial charge in [-0.15, -0.1) is 11.3 Å². The van der Waals surface area contributed by atoms with Crippen molar-refractivity contribution in [3.05, 3.63) is 43.8 Å². The second-order valence-electron chi connectivity index (χ2n) is 5.08. The van der Waals surface area contributed by atoms with Crippen LogP contribution in [0.2, 0.25) is 0 Å². The molecule has 0 saturated carbocycles. The van der Waals surface area contributed by atoms with E-state index in [1.807, 2.05) is 24.3 Å². The first kappa shape index (κ1) is 15.3. The molecule has 6 heteroatoms. The largest absolute Gasteiger partial charge is 0.376 e. The van der Waals surface area contributed by atoms with Gasteiger partial charge in [0.15, 0.2) is 0 Å². The number of carbonyl (C=O) groups excluding carboxylic acids is 1. The van der Waals surface area contributed by atoms with Gasteiger partial charge in [0.05, 0.1) is 12.1 Å². The molecule has 0 spiro atoms. The van der Waals surface area contributed by atoms with E-state index in [1.54, 1.807) is 11.3 Å². The van der Waals surface area contributed by atoms with Gasteiger partial charge in [-0.25, -0.2) is 0 Å². The number of nitrogens with one attached hydrogen (secondary N) is 2. The number of halogens is 1. The first-order valence-electron chi connectivity index (χ1n) is 7.01. The van der Waals surface area contributed by atoms with Crippen LogP contribution in [0.1, 0.15) is 22.4 Å². The van der Waals surface area contributed by atoms with Gasteiger partial charge in [-0.05, 0) is 71.7 Å². The second kappa shape index (κ2) is 6.67. The quantitative estimate of drug-likeness (QED) is 0.737. The van der Waals surface area contributed by atoms with E-state index in [9.17, 15) is 10.1 Å². The minimum Gasteiger partial charge on any atom is -0.376 e. The maximum absolute atomic E-state index is 12.1. The van der Waals surface area contributed by atoms with Crippen LogP contribution in [0.3, 0.4) is 0 Å². The Labute approximate surface area is 146 Å². The molecule has 1 heterocycles. The molecule has 0 unspecified atom stereocenters. The Hall–Kier alpha value is -1.59. The lowest BCUT2D eigenvalue weighted by atomic mass is 10.1. The van der Waals surface area contributed by atoms with Crippen molar-refractivity contribution in [2.45, 2.75) is 19.3 Å². The van der Waals surface area contributed by atoms with Crippen molar-refractivity contribution >= 4 is 50.5 Å². The van der Waals surface area contributed by atoms with Crippen LogP contribution in [0.4, 0.5) is 10.7 Å². The molecule has 2 aromatic rings. The van der Waals surface area contributed by atoms with Gasteiger partial charge in [0.25, 0.3) is 0 Å². The molecule has 1 amide bonds. The van der Waals surface area contributed by atoms with E-state index >= 15 is 0 Å². The van der Waals surface area contributed by atoms with E-state index in [1.165, 1.54) is 4.88 Å². The summed E-state index contributed by atoms with van der Waals surface area (Å²) in [5, 5.41) is 16.0. The predicted octanol–water partition coefficient (Wildman–Crippen LogP) is 3.76. The molecule has 1 aliphatic rings. The fourth-order valence-electron chi connectivity index (χ4n) is 2.53. The Balaban J connectivity index is 1.63. The van der Waals surface area contributed by atoms with E-state index in [0.29, 0.717) is 10.6 Å². The lowest BCUT2D eigenvalue weighted by Crippen LogP contribution is -2.21. The monoisotopic (exact) mass is 423 g/mol. The Morgan fingerprint density at radius 1 is 1.32 bits per heavy atom. The summed E-state index contributed by atoms with van der Waals surface area (Å²) >= 11 is 3.78. The molecule has 0 bridgehead atoms. The van der Waals surface area contributed by atoms with E-state index < -0.39 is 0 Å². The minimum absolute atomic E-state index is 0.130. The molecule has 4 nitrogen and oxygen atoms in total. The highest BCUT2D eigenvalue weighted by Crippen LogP contribution is 2.38. The van der Waals surface area contributed by atoms with Crippen molar-refractivity contribution in [2.75, 3.05) is 17.2 Å². The number of anilines is 2. The molecular weight excluding hydrogens is 409 g/mol. The second-order valence-corrected chi connectivity index (χ2v) is 7.43. The predicted molar refractivity (Wildman–Crippen MR) is 97.3 cm³/mol. The fourth-order valence-corrected chi connectivity index (χ4v) is 4.15. The van der Waals surface area contributed by atoms with E-state index in [0.717, 1.165) is 34.1 Å². The SMILES string of the molecule is N#Cc1c(NC(=O)CNc2ccc(I)cc2)sc2c1CCC2. The highest BCUT2D eigenvalue weighted by molar-refractivity contribution is 14.1.